The van der Waals surface area contributed by atoms with Gasteiger partial charge in [-0.25, -0.2) is 9.97 Å². The quantitative estimate of drug-likeness (QED) is 0.176. The first-order valence-electron chi connectivity index (χ1n) is 15.9. The highest BCUT2D eigenvalue weighted by Crippen LogP contribution is 2.22. The van der Waals surface area contributed by atoms with Crippen LogP contribution in [0.25, 0.3) is 40.0 Å². The smallest absolute Gasteiger partial charge is 0.261 e. The number of aromatic nitrogens is 4. The molecule has 0 saturated carbocycles. The van der Waals surface area contributed by atoms with E-state index in [4.69, 9.17) is 4.98 Å². The number of benzene rings is 4. The molecule has 47 heavy (non-hydrogen) atoms. The zero-order chi connectivity index (χ0) is 32.9. The maximum Gasteiger partial charge on any atom is 0.261 e. The summed E-state index contributed by atoms with van der Waals surface area (Å²) in [6.45, 7) is 9.52. The van der Waals surface area contributed by atoms with Crippen molar-refractivity contribution in [1.82, 2.24) is 19.1 Å². The number of nitrogens with zero attached hydrogens (tertiary/aromatic N) is 4. The summed E-state index contributed by atoms with van der Waals surface area (Å²) in [5.74, 6) is 2.84. The van der Waals surface area contributed by atoms with Crippen LogP contribution in [0, 0.1) is 11.8 Å². The van der Waals surface area contributed by atoms with Crippen LogP contribution < -0.4 is 11.1 Å². The minimum atomic E-state index is 0.0907. The van der Waals surface area contributed by atoms with Gasteiger partial charge >= 0.3 is 0 Å². The van der Waals surface area contributed by atoms with E-state index < -0.39 is 0 Å². The molecule has 2 unspecified atom stereocenters. The monoisotopic (exact) mass is 684 g/mol. The molecule has 2 aromatic heterocycles. The Kier molecular flexibility index (Phi) is 9.73. The third-order valence-corrected chi connectivity index (χ3v) is 8.90. The summed E-state index contributed by atoms with van der Waals surface area (Å²) < 4.78 is 4.59. The van der Waals surface area contributed by atoms with E-state index in [1.54, 1.807) is 4.57 Å². The van der Waals surface area contributed by atoms with E-state index >= 15 is 0 Å². The predicted octanol–water partition coefficient (Wildman–Crippen LogP) is 8.44. The van der Waals surface area contributed by atoms with Crippen LogP contribution in [0.1, 0.15) is 42.2 Å². The normalized spacial score (nSPS) is 16.2. The van der Waals surface area contributed by atoms with E-state index in [9.17, 15) is 9.59 Å². The molecule has 2 aliphatic rings. The van der Waals surface area contributed by atoms with Gasteiger partial charge in [-0.2, -0.15) is 0 Å². The first-order chi connectivity index (χ1) is 22.8. The highest BCUT2D eigenvalue weighted by molar-refractivity contribution is 9.10. The number of fused-ring (bicyclic) bond motifs is 4. The van der Waals surface area contributed by atoms with Crippen LogP contribution in [0.2, 0.25) is 0 Å². The van der Waals surface area contributed by atoms with Crippen LogP contribution in [0.4, 0.5) is 0 Å². The van der Waals surface area contributed by atoms with Crippen LogP contribution >= 0.6 is 15.9 Å². The van der Waals surface area contributed by atoms with Gasteiger partial charge < -0.3 is 0 Å². The molecule has 8 rings (SSSR count). The molecule has 6 aromatic rings. The fraction of sp³-hybridized carbons (Fsp3) is 0.200. The lowest BCUT2D eigenvalue weighted by Crippen LogP contribution is -2.21. The van der Waals surface area contributed by atoms with Crippen molar-refractivity contribution in [2.24, 2.45) is 11.8 Å². The van der Waals surface area contributed by atoms with Gasteiger partial charge in [0.25, 0.3) is 11.1 Å². The second kappa shape index (κ2) is 14.3. The molecular formula is C40H37BrN4O2. The molecule has 2 atom stereocenters. The summed E-state index contributed by atoms with van der Waals surface area (Å²) in [7, 11) is 0. The molecule has 0 spiro atoms. The third kappa shape index (κ3) is 7.42. The highest BCUT2D eigenvalue weighted by Gasteiger charge is 2.22. The van der Waals surface area contributed by atoms with E-state index in [1.165, 1.54) is 5.56 Å². The average Bonchev–Trinajstić information content (AvgIpc) is 3.66. The van der Waals surface area contributed by atoms with E-state index in [0.29, 0.717) is 22.6 Å². The summed E-state index contributed by atoms with van der Waals surface area (Å²) in [6.07, 6.45) is 7.75. The molecule has 236 valence electrons. The Morgan fingerprint density at radius 3 is 1.68 bits per heavy atom. The number of hydrogen-bond donors (Lipinski definition) is 0. The van der Waals surface area contributed by atoms with Crippen molar-refractivity contribution >= 4 is 56.0 Å². The van der Waals surface area contributed by atoms with E-state index in [-0.39, 0.29) is 11.1 Å². The van der Waals surface area contributed by atoms with Gasteiger partial charge in [0.15, 0.2) is 0 Å². The second-order valence-electron chi connectivity index (χ2n) is 12.3. The molecule has 4 aromatic carbocycles. The van der Waals surface area contributed by atoms with Gasteiger partial charge in [0.2, 0.25) is 0 Å². The summed E-state index contributed by atoms with van der Waals surface area (Å²) in [4.78, 5) is 34.0. The highest BCUT2D eigenvalue weighted by atomic mass is 79.9. The van der Waals surface area contributed by atoms with Gasteiger partial charge in [-0.1, -0.05) is 121 Å². The van der Waals surface area contributed by atoms with E-state index in [0.717, 1.165) is 64.2 Å². The van der Waals surface area contributed by atoms with Crippen molar-refractivity contribution in [1.29, 1.82) is 0 Å². The standard InChI is InChI=1S/C20H18N2O.C12H11BrN2O.C8H8/c1-14-11-19-21-18-12-16(8-7-15-5-3-2-4-6-15)9-10-17(18)20(23)22(19)13-14;1-7-4-11-14-10-5-8(13)2-3-9(10)12(16)15(11)6-7;1-2-8-6-4-3-5-7-8/h2-10,12,14H,11,13H2,1H3;2-3,5,7H,4,6H2,1H3;2-7H,1H2/b8-7+;;. The summed E-state index contributed by atoms with van der Waals surface area (Å²) in [5.41, 5.74) is 5.16. The third-order valence-electron chi connectivity index (χ3n) is 8.41. The number of rotatable bonds is 3. The number of hydrogen-bond acceptors (Lipinski definition) is 4. The number of halogens is 1. The molecule has 0 bridgehead atoms. The summed E-state index contributed by atoms with van der Waals surface area (Å²) >= 11 is 3.40. The van der Waals surface area contributed by atoms with Crippen molar-refractivity contribution in [3.8, 4) is 0 Å². The van der Waals surface area contributed by atoms with Crippen LogP contribution in [-0.4, -0.2) is 19.1 Å². The maximum atomic E-state index is 12.6. The van der Waals surface area contributed by atoms with Crippen LogP contribution in [-0.2, 0) is 25.9 Å². The Labute approximate surface area is 282 Å². The lowest BCUT2D eigenvalue weighted by atomic mass is 10.1. The first kappa shape index (κ1) is 32.1. The lowest BCUT2D eigenvalue weighted by molar-refractivity contribution is 0.558. The molecule has 0 saturated heterocycles. The van der Waals surface area contributed by atoms with Gasteiger partial charge in [-0.3, -0.25) is 18.7 Å². The first-order valence-corrected chi connectivity index (χ1v) is 16.7. The van der Waals surface area contributed by atoms with Crippen molar-refractivity contribution in [3.05, 3.63) is 157 Å². The Balaban J connectivity index is 0.000000139. The molecule has 2 aliphatic heterocycles. The molecule has 0 fully saturated rings. The van der Waals surface area contributed by atoms with Crippen molar-refractivity contribution in [3.63, 3.8) is 0 Å². The molecule has 0 amide bonds. The summed E-state index contributed by atoms with van der Waals surface area (Å²) in [5, 5.41) is 1.42. The topological polar surface area (TPSA) is 69.8 Å². The molecule has 0 radical (unpaired) electrons. The van der Waals surface area contributed by atoms with Gasteiger partial charge in [0, 0.05) is 30.4 Å². The van der Waals surface area contributed by atoms with Gasteiger partial charge in [0.05, 0.1) is 21.8 Å². The second-order valence-corrected chi connectivity index (χ2v) is 13.2. The van der Waals surface area contributed by atoms with Crippen molar-refractivity contribution < 1.29 is 0 Å². The van der Waals surface area contributed by atoms with Gasteiger partial charge in [-0.05, 0) is 58.9 Å². The predicted molar refractivity (Wildman–Crippen MR) is 197 cm³/mol. The molecule has 6 nitrogen and oxygen atoms in total. The molecule has 0 aliphatic carbocycles. The maximum absolute atomic E-state index is 12.6. The molecule has 4 heterocycles. The Hall–Kier alpha value is -4.88. The average molecular weight is 686 g/mol. The summed E-state index contributed by atoms with van der Waals surface area (Å²) in [6, 6.07) is 31.7. The van der Waals surface area contributed by atoms with Crippen LogP contribution in [0.5, 0.6) is 0 Å². The van der Waals surface area contributed by atoms with Gasteiger partial charge in [0.1, 0.15) is 11.6 Å². The minimum Gasteiger partial charge on any atom is -0.296 e. The van der Waals surface area contributed by atoms with Crippen molar-refractivity contribution in [2.75, 3.05) is 0 Å². The van der Waals surface area contributed by atoms with Crippen LogP contribution in [0.15, 0.2) is 118 Å². The van der Waals surface area contributed by atoms with Crippen LogP contribution in [0.3, 0.4) is 0 Å². The molecule has 0 N–H and O–H groups in total. The Bertz CT molecular complexity index is 2200. The zero-order valence-corrected chi connectivity index (χ0v) is 28.2. The largest absolute Gasteiger partial charge is 0.296 e. The fourth-order valence-corrected chi connectivity index (χ4v) is 6.39. The molecule has 7 heteroatoms. The fourth-order valence-electron chi connectivity index (χ4n) is 6.04. The lowest BCUT2D eigenvalue weighted by Gasteiger charge is -2.05. The minimum absolute atomic E-state index is 0.0907. The Morgan fingerprint density at radius 2 is 1.15 bits per heavy atom. The van der Waals surface area contributed by atoms with Gasteiger partial charge in [-0.15, -0.1) is 0 Å². The zero-order valence-electron chi connectivity index (χ0n) is 26.6. The van der Waals surface area contributed by atoms with E-state index in [1.807, 2.05) is 95.6 Å². The van der Waals surface area contributed by atoms with E-state index in [2.05, 4.69) is 65.6 Å². The Morgan fingerprint density at radius 1 is 0.660 bits per heavy atom. The molecular weight excluding hydrogens is 648 g/mol. The van der Waals surface area contributed by atoms with Crippen molar-refractivity contribution in [2.45, 2.75) is 39.8 Å². The SMILES string of the molecule is C=Cc1ccccc1.CC1Cc2nc3cc(/C=C/c4ccccc4)ccc3c(=O)n2C1.CC1Cc2nc3cc(Br)ccc3c(=O)n2C1.